The van der Waals surface area contributed by atoms with Gasteiger partial charge in [0.1, 0.15) is 0 Å². The average Bonchev–Trinajstić information content (AvgIpc) is 3.35. The van der Waals surface area contributed by atoms with Crippen molar-refractivity contribution >= 4 is 0 Å². The molecule has 4 aromatic carbocycles. The molecule has 0 aromatic heterocycles. The summed E-state index contributed by atoms with van der Waals surface area (Å²) in [5.41, 5.74) is 1.97. The highest BCUT2D eigenvalue weighted by Crippen LogP contribution is 2.57. The van der Waals surface area contributed by atoms with Gasteiger partial charge in [-0.25, -0.2) is 0 Å². The Bertz CT molecular complexity index is 1790. The summed E-state index contributed by atoms with van der Waals surface area (Å²) in [5, 5.41) is 0. The number of benzene rings is 4. The van der Waals surface area contributed by atoms with Crippen molar-refractivity contribution in [2.75, 3.05) is 41.3 Å². The third-order valence-electron chi connectivity index (χ3n) is 11.4. The number of nitrogens with zero attached hydrogens (tertiary/aromatic N) is 2. The number of alkyl halides is 6. The van der Waals surface area contributed by atoms with Gasteiger partial charge < -0.3 is 9.80 Å². The van der Waals surface area contributed by atoms with Crippen LogP contribution in [0, 0.1) is 13.8 Å². The minimum Gasteiger partial charge on any atom is -0.309 e. The lowest BCUT2D eigenvalue weighted by atomic mass is 9.70. The van der Waals surface area contributed by atoms with E-state index < -0.39 is 28.9 Å². The molecule has 292 valence electrons. The molecule has 0 amide bonds. The van der Waals surface area contributed by atoms with E-state index in [0.717, 1.165) is 113 Å². The van der Waals surface area contributed by atoms with Crippen LogP contribution in [0.2, 0.25) is 0 Å². The zero-order valence-corrected chi connectivity index (χ0v) is 32.7. The van der Waals surface area contributed by atoms with Crippen LogP contribution in [0.4, 0.5) is 26.3 Å². The highest BCUT2D eigenvalue weighted by molar-refractivity contribution is 5.84. The van der Waals surface area contributed by atoms with Crippen LogP contribution < -0.4 is 0 Å². The van der Waals surface area contributed by atoms with Crippen molar-refractivity contribution < 1.29 is 26.3 Å². The quantitative estimate of drug-likeness (QED) is 0.0783. The molecule has 5 rings (SSSR count). The van der Waals surface area contributed by atoms with Gasteiger partial charge in [-0.05, 0) is 131 Å². The largest absolute Gasteiger partial charge is 0.411 e. The monoisotopic (exact) mass is 750 g/mol. The van der Waals surface area contributed by atoms with Gasteiger partial charge in [0.15, 0.2) is 0 Å². The topological polar surface area (TPSA) is 6.48 Å². The third kappa shape index (κ3) is 8.60. The van der Waals surface area contributed by atoms with Gasteiger partial charge in [0, 0.05) is 5.41 Å². The first kappa shape index (κ1) is 41.5. The highest BCUT2D eigenvalue weighted by atomic mass is 19.4. The van der Waals surface area contributed by atoms with Crippen LogP contribution in [0.25, 0.3) is 22.3 Å². The lowest BCUT2D eigenvalue weighted by Gasteiger charge is -2.38. The van der Waals surface area contributed by atoms with E-state index in [1.807, 2.05) is 6.07 Å². The van der Waals surface area contributed by atoms with E-state index >= 15 is 0 Å². The summed E-state index contributed by atoms with van der Waals surface area (Å²) >= 11 is 0. The summed E-state index contributed by atoms with van der Waals surface area (Å²) in [5.74, 6) is 0. The Morgan fingerprint density at radius 3 is 1.35 bits per heavy atom. The molecule has 0 unspecified atom stereocenters. The van der Waals surface area contributed by atoms with Crippen LogP contribution in [0.1, 0.15) is 97.6 Å². The molecule has 4 aromatic rings. The van der Waals surface area contributed by atoms with Gasteiger partial charge in [0.25, 0.3) is 0 Å². The van der Waals surface area contributed by atoms with E-state index in [1.165, 1.54) is 46.5 Å². The fraction of sp³-hybridized carbons (Fsp3) is 0.478. The van der Waals surface area contributed by atoms with Crippen LogP contribution in [-0.2, 0) is 10.8 Å². The van der Waals surface area contributed by atoms with Crippen LogP contribution in [0.5, 0.6) is 0 Å². The zero-order valence-electron chi connectivity index (χ0n) is 32.7. The number of hydrogen-bond acceptors (Lipinski definition) is 2. The molecule has 2 nitrogen and oxygen atoms in total. The van der Waals surface area contributed by atoms with Gasteiger partial charge in [-0.3, -0.25) is 0 Å². The van der Waals surface area contributed by atoms with Gasteiger partial charge in [-0.2, -0.15) is 26.3 Å². The normalized spacial score (nSPS) is 14.2. The Morgan fingerprint density at radius 2 is 0.870 bits per heavy atom. The molecule has 0 radical (unpaired) electrons. The Balaban J connectivity index is 1.55. The van der Waals surface area contributed by atoms with E-state index in [9.17, 15) is 26.3 Å². The number of aryl methyl sites for hydroxylation is 2. The van der Waals surface area contributed by atoms with Gasteiger partial charge in [0.2, 0.25) is 5.41 Å². The molecular formula is C46H56F6N2. The number of fused-ring (bicyclic) bond motifs is 3. The van der Waals surface area contributed by atoms with Crippen molar-refractivity contribution in [3.05, 3.63) is 118 Å². The molecular weight excluding hydrogens is 695 g/mol. The molecule has 8 heteroatoms. The molecule has 1 aliphatic carbocycles. The van der Waals surface area contributed by atoms with Crippen LogP contribution in [0.3, 0.4) is 0 Å². The van der Waals surface area contributed by atoms with Crippen molar-refractivity contribution in [1.29, 1.82) is 0 Å². The summed E-state index contributed by atoms with van der Waals surface area (Å²) < 4.78 is 89.1. The maximum absolute atomic E-state index is 14.8. The number of halogens is 6. The predicted molar refractivity (Wildman–Crippen MR) is 210 cm³/mol. The summed E-state index contributed by atoms with van der Waals surface area (Å²) in [6, 6.07) is 22.2. The third-order valence-corrected chi connectivity index (χ3v) is 11.4. The number of rotatable bonds is 17. The zero-order chi connectivity index (χ0) is 39.3. The van der Waals surface area contributed by atoms with E-state index in [2.05, 4.69) is 75.2 Å². The van der Waals surface area contributed by atoms with E-state index in [0.29, 0.717) is 11.1 Å². The predicted octanol–water partition coefficient (Wildman–Crippen LogP) is 12.7. The molecule has 0 heterocycles. The van der Waals surface area contributed by atoms with Crippen LogP contribution >= 0.6 is 0 Å². The van der Waals surface area contributed by atoms with Gasteiger partial charge in [-0.15, -0.1) is 0 Å². The maximum Gasteiger partial charge on any atom is 0.411 e. The lowest BCUT2D eigenvalue weighted by molar-refractivity contribution is -0.288. The first-order chi connectivity index (χ1) is 25.5. The van der Waals surface area contributed by atoms with E-state index in [-0.39, 0.29) is 5.41 Å². The summed E-state index contributed by atoms with van der Waals surface area (Å²) in [6.45, 7) is 5.87. The second-order valence-corrected chi connectivity index (χ2v) is 16.0. The summed E-state index contributed by atoms with van der Waals surface area (Å²) in [6.07, 6.45) is -0.324. The molecule has 0 bridgehead atoms. The smallest absolute Gasteiger partial charge is 0.309 e. The number of unbranched alkanes of at least 4 members (excludes halogenated alkanes) is 6. The fourth-order valence-corrected chi connectivity index (χ4v) is 8.57. The molecule has 54 heavy (non-hydrogen) atoms. The first-order valence-electron chi connectivity index (χ1n) is 19.4. The lowest BCUT2D eigenvalue weighted by Crippen LogP contribution is -2.54. The highest BCUT2D eigenvalue weighted by Gasteiger charge is 2.72. The van der Waals surface area contributed by atoms with E-state index in [4.69, 9.17) is 0 Å². The Morgan fingerprint density at radius 1 is 0.463 bits per heavy atom. The standard InChI is InChI=1S/C46H56F6N2/c1-33-15-21-37(22-16-33)44(45(47,48)49,46(50,51)52)38-23-18-35(19-24-38)36-20-26-40-39-25-17-34(2)31-41(39)43(42(40)32-36,27-11-7-9-13-29-53(3)4)28-12-8-10-14-30-54(5)6/h15-26,31-32H,7-14,27-30H2,1-6H3. The van der Waals surface area contributed by atoms with Crippen LogP contribution in [0.15, 0.2) is 84.9 Å². The minimum atomic E-state index is -5.63. The Hall–Kier alpha value is -3.62. The van der Waals surface area contributed by atoms with Crippen molar-refractivity contribution in [2.45, 2.75) is 101 Å². The van der Waals surface area contributed by atoms with Crippen molar-refractivity contribution in [3.8, 4) is 22.3 Å². The molecule has 0 aliphatic heterocycles. The summed E-state index contributed by atoms with van der Waals surface area (Å²) in [7, 11) is 8.39. The van der Waals surface area contributed by atoms with Gasteiger partial charge >= 0.3 is 12.4 Å². The molecule has 0 saturated heterocycles. The average molecular weight is 751 g/mol. The van der Waals surface area contributed by atoms with Crippen molar-refractivity contribution in [2.24, 2.45) is 0 Å². The Labute approximate surface area is 318 Å². The SMILES string of the molecule is Cc1ccc(C(c2ccc(-c3ccc4c(c3)C(CCCCCCN(C)C)(CCCCCCN(C)C)c3cc(C)ccc3-4)cc2)(C(F)(F)F)C(F)(F)F)cc1. The maximum atomic E-state index is 14.8. The van der Waals surface area contributed by atoms with Gasteiger partial charge in [0.05, 0.1) is 0 Å². The second kappa shape index (κ2) is 17.0. The molecule has 0 fully saturated rings. The number of hydrogen-bond donors (Lipinski definition) is 0. The minimum absolute atomic E-state index is 0.233. The molecule has 0 atom stereocenters. The first-order valence-corrected chi connectivity index (χ1v) is 19.4. The summed E-state index contributed by atoms with van der Waals surface area (Å²) in [4.78, 5) is 4.43. The van der Waals surface area contributed by atoms with Gasteiger partial charge in [-0.1, -0.05) is 129 Å². The van der Waals surface area contributed by atoms with Crippen molar-refractivity contribution in [3.63, 3.8) is 0 Å². The molecule has 0 spiro atoms. The fourth-order valence-electron chi connectivity index (χ4n) is 8.57. The molecule has 1 aliphatic rings. The molecule has 0 N–H and O–H groups in total. The van der Waals surface area contributed by atoms with Crippen LogP contribution in [-0.4, -0.2) is 63.4 Å². The van der Waals surface area contributed by atoms with E-state index in [1.54, 1.807) is 6.92 Å². The second-order valence-electron chi connectivity index (χ2n) is 16.0. The molecule has 0 saturated carbocycles. The van der Waals surface area contributed by atoms with Crippen molar-refractivity contribution in [1.82, 2.24) is 9.80 Å². The Kier molecular flexibility index (Phi) is 13.1.